The maximum atomic E-state index is 13.7. The Morgan fingerprint density at radius 3 is 2.41 bits per heavy atom. The van der Waals surface area contributed by atoms with Crippen LogP contribution in [0.15, 0.2) is 43.0 Å². The monoisotopic (exact) mass is 468 g/mol. The number of piperidine rings is 1. The first kappa shape index (κ1) is 25.8. The minimum absolute atomic E-state index is 0.0186. The molecule has 2 heterocycles. The van der Waals surface area contributed by atoms with Gasteiger partial charge in [0.25, 0.3) is 5.91 Å². The van der Waals surface area contributed by atoms with Crippen LogP contribution in [-0.4, -0.2) is 65.9 Å². The molecule has 2 fully saturated rings. The van der Waals surface area contributed by atoms with Gasteiger partial charge in [0, 0.05) is 31.7 Å². The first-order valence-corrected chi connectivity index (χ1v) is 12.3. The normalized spacial score (nSPS) is 18.8. The van der Waals surface area contributed by atoms with Crippen LogP contribution in [0, 0.1) is 11.3 Å². The van der Waals surface area contributed by atoms with E-state index in [1.54, 1.807) is 11.0 Å². The van der Waals surface area contributed by atoms with Crippen molar-refractivity contribution in [2.75, 3.05) is 37.7 Å². The van der Waals surface area contributed by atoms with Crippen molar-refractivity contribution in [3.8, 4) is 0 Å². The van der Waals surface area contributed by atoms with E-state index in [1.165, 1.54) is 0 Å². The minimum Gasteiger partial charge on any atom is -0.351 e. The number of carbonyl (C=O) groups excluding carboxylic acids is 3. The molecule has 186 valence electrons. The van der Waals surface area contributed by atoms with Crippen molar-refractivity contribution in [1.29, 1.82) is 0 Å². The molecule has 0 radical (unpaired) electrons. The molecule has 7 heteroatoms. The van der Waals surface area contributed by atoms with Crippen molar-refractivity contribution in [3.05, 3.63) is 43.0 Å². The van der Waals surface area contributed by atoms with Crippen LogP contribution >= 0.6 is 0 Å². The van der Waals surface area contributed by atoms with Crippen molar-refractivity contribution >= 4 is 23.4 Å². The average Bonchev–Trinajstić information content (AvgIpc) is 3.03. The Morgan fingerprint density at radius 1 is 1.18 bits per heavy atom. The molecule has 2 aliphatic heterocycles. The molecule has 1 aromatic rings. The number of benzene rings is 1. The molecular formula is C27H40N4O3. The Balaban J connectivity index is 1.72. The van der Waals surface area contributed by atoms with Gasteiger partial charge < -0.3 is 20.0 Å². The number of nitrogens with zero attached hydrogens (tertiary/aromatic N) is 3. The lowest BCUT2D eigenvalue weighted by atomic mass is 9.83. The molecule has 0 saturated carbocycles. The highest BCUT2D eigenvalue weighted by Gasteiger charge is 2.54. The molecule has 3 amide bonds. The van der Waals surface area contributed by atoms with Crippen molar-refractivity contribution in [2.24, 2.45) is 11.3 Å². The summed E-state index contributed by atoms with van der Waals surface area (Å²) in [6.45, 7) is 14.2. The predicted octanol–water partition coefficient (Wildman–Crippen LogP) is 3.42. The summed E-state index contributed by atoms with van der Waals surface area (Å²) >= 11 is 0. The third-order valence-electron chi connectivity index (χ3n) is 6.79. The highest BCUT2D eigenvalue weighted by atomic mass is 16.2. The van der Waals surface area contributed by atoms with E-state index in [0.717, 1.165) is 12.1 Å². The van der Waals surface area contributed by atoms with Crippen LogP contribution in [0.3, 0.4) is 0 Å². The summed E-state index contributed by atoms with van der Waals surface area (Å²) in [5.74, 6) is 0.267. The maximum Gasteiger partial charge on any atom is 0.250 e. The highest BCUT2D eigenvalue weighted by Crippen LogP contribution is 2.39. The second-order valence-electron chi connectivity index (χ2n) is 11.0. The number of carbonyl (C=O) groups is 3. The van der Waals surface area contributed by atoms with Gasteiger partial charge >= 0.3 is 0 Å². The van der Waals surface area contributed by atoms with Gasteiger partial charge in [0.2, 0.25) is 11.8 Å². The fourth-order valence-electron chi connectivity index (χ4n) is 5.41. The molecule has 1 spiro atoms. The molecule has 2 saturated heterocycles. The lowest BCUT2D eigenvalue weighted by Crippen LogP contribution is -2.57. The van der Waals surface area contributed by atoms with Crippen LogP contribution < -0.4 is 10.2 Å². The van der Waals surface area contributed by atoms with Gasteiger partial charge in [0.1, 0.15) is 12.1 Å². The zero-order valence-electron chi connectivity index (χ0n) is 21.2. The zero-order valence-corrected chi connectivity index (χ0v) is 21.2. The van der Waals surface area contributed by atoms with E-state index in [9.17, 15) is 14.4 Å². The molecule has 7 nitrogen and oxygen atoms in total. The molecular weight excluding hydrogens is 428 g/mol. The smallest absolute Gasteiger partial charge is 0.250 e. The number of amides is 3. The number of likely N-dealkylation sites (tertiary alicyclic amines) is 1. The van der Waals surface area contributed by atoms with Crippen LogP contribution in [0.2, 0.25) is 0 Å². The van der Waals surface area contributed by atoms with Crippen LogP contribution in [0.4, 0.5) is 5.69 Å². The Hall–Kier alpha value is -2.83. The Bertz CT molecular complexity index is 885. The van der Waals surface area contributed by atoms with Gasteiger partial charge in [-0.1, -0.05) is 52.0 Å². The van der Waals surface area contributed by atoms with Crippen LogP contribution in [0.1, 0.15) is 53.4 Å². The highest BCUT2D eigenvalue weighted by molar-refractivity contribution is 5.96. The summed E-state index contributed by atoms with van der Waals surface area (Å²) in [5, 5.41) is 2.76. The van der Waals surface area contributed by atoms with E-state index < -0.39 is 5.54 Å². The number of hydrogen-bond acceptors (Lipinski definition) is 4. The third kappa shape index (κ3) is 5.99. The van der Waals surface area contributed by atoms with E-state index in [1.807, 2.05) is 35.2 Å². The molecule has 0 aliphatic carbocycles. The average molecular weight is 469 g/mol. The molecule has 3 rings (SSSR count). The summed E-state index contributed by atoms with van der Waals surface area (Å²) in [4.78, 5) is 44.7. The number of nitrogens with one attached hydrogen (secondary N) is 1. The lowest BCUT2D eigenvalue weighted by molar-refractivity contribution is -0.140. The maximum absolute atomic E-state index is 13.7. The first-order valence-electron chi connectivity index (χ1n) is 12.3. The zero-order chi connectivity index (χ0) is 24.9. The van der Waals surface area contributed by atoms with Crippen molar-refractivity contribution in [1.82, 2.24) is 15.1 Å². The summed E-state index contributed by atoms with van der Waals surface area (Å²) < 4.78 is 0. The third-order valence-corrected chi connectivity index (χ3v) is 6.79. The summed E-state index contributed by atoms with van der Waals surface area (Å²) in [6, 6.07) is 9.88. The Kier molecular flexibility index (Phi) is 8.05. The standard InChI is InChI=1S/C27H40N4O3/c1-6-14-28-23(32)19-30-20-31(22-10-8-7-9-11-22)27(25(30)34)12-15-29(16-13-27)24(33)17-21(2)18-26(3,4)5/h6-11,21H,1,12-20H2,2-5H3,(H,28,32)/t21-/m0/s1. The summed E-state index contributed by atoms with van der Waals surface area (Å²) in [6.07, 6.45) is 4.28. The van der Waals surface area contributed by atoms with Gasteiger partial charge in [0.05, 0.1) is 6.67 Å². The molecule has 34 heavy (non-hydrogen) atoms. The topological polar surface area (TPSA) is 73.0 Å². The van der Waals surface area contributed by atoms with Gasteiger partial charge in [-0.05, 0) is 42.7 Å². The second-order valence-corrected chi connectivity index (χ2v) is 11.0. The molecule has 2 aliphatic rings. The molecule has 1 aromatic carbocycles. The van der Waals surface area contributed by atoms with E-state index in [0.29, 0.717) is 51.5 Å². The minimum atomic E-state index is -0.728. The predicted molar refractivity (Wildman–Crippen MR) is 135 cm³/mol. The van der Waals surface area contributed by atoms with Gasteiger partial charge in [-0.15, -0.1) is 6.58 Å². The van der Waals surface area contributed by atoms with E-state index in [2.05, 4.69) is 44.5 Å². The Morgan fingerprint density at radius 2 is 1.82 bits per heavy atom. The van der Waals surface area contributed by atoms with Gasteiger partial charge in [-0.25, -0.2) is 0 Å². The SMILES string of the molecule is C=CCNC(=O)CN1CN(c2ccccc2)C2(CCN(C(=O)C[C@H](C)CC(C)(C)C)CC2)C1=O. The van der Waals surface area contributed by atoms with Gasteiger partial charge in [-0.3, -0.25) is 14.4 Å². The molecule has 1 N–H and O–H groups in total. The van der Waals surface area contributed by atoms with Crippen molar-refractivity contribution in [3.63, 3.8) is 0 Å². The van der Waals surface area contributed by atoms with E-state index in [4.69, 9.17) is 0 Å². The van der Waals surface area contributed by atoms with Crippen molar-refractivity contribution in [2.45, 2.75) is 58.9 Å². The van der Waals surface area contributed by atoms with Crippen LogP contribution in [0.5, 0.6) is 0 Å². The largest absolute Gasteiger partial charge is 0.351 e. The first-order chi connectivity index (χ1) is 16.1. The Labute approximate surface area is 204 Å². The van der Waals surface area contributed by atoms with Crippen LogP contribution in [0.25, 0.3) is 0 Å². The molecule has 0 bridgehead atoms. The second kappa shape index (κ2) is 10.6. The van der Waals surface area contributed by atoms with Crippen molar-refractivity contribution < 1.29 is 14.4 Å². The summed E-state index contributed by atoms with van der Waals surface area (Å²) in [7, 11) is 0. The lowest BCUT2D eigenvalue weighted by Gasteiger charge is -2.43. The fraction of sp³-hybridized carbons (Fsp3) is 0.593. The number of para-hydroxylation sites is 1. The number of rotatable bonds is 8. The van der Waals surface area contributed by atoms with E-state index >= 15 is 0 Å². The van der Waals surface area contributed by atoms with Gasteiger partial charge in [-0.2, -0.15) is 0 Å². The molecule has 1 atom stereocenters. The fourth-order valence-corrected chi connectivity index (χ4v) is 5.41. The number of anilines is 1. The molecule has 0 unspecified atom stereocenters. The van der Waals surface area contributed by atoms with Gasteiger partial charge in [0.15, 0.2) is 0 Å². The van der Waals surface area contributed by atoms with Crippen LogP contribution in [-0.2, 0) is 14.4 Å². The molecule has 0 aromatic heterocycles. The number of hydrogen-bond donors (Lipinski definition) is 1. The summed E-state index contributed by atoms with van der Waals surface area (Å²) in [5.41, 5.74) is 0.427. The quantitative estimate of drug-likeness (QED) is 0.594. The van der Waals surface area contributed by atoms with E-state index in [-0.39, 0.29) is 29.7 Å².